The summed E-state index contributed by atoms with van der Waals surface area (Å²) in [6.07, 6.45) is -7.58. The number of hydrogen-bond donors (Lipinski definition) is 1. The van der Waals surface area contributed by atoms with Crippen LogP contribution in [0.25, 0.3) is 0 Å². The Kier molecular flexibility index (Phi) is 3.27. The second-order valence-corrected chi connectivity index (χ2v) is 2.21. The molecular weight excluding hydrogens is 234 g/mol. The van der Waals surface area contributed by atoms with Crippen molar-refractivity contribution >= 4 is 5.97 Å². The number of terminal acetylenes is 1. The number of halogens is 6. The topological polar surface area (TPSA) is 46.5 Å². The number of carbonyl (C=O) groups is 1. The summed E-state index contributed by atoms with van der Waals surface area (Å²) in [6, 6.07) is 0. The van der Waals surface area contributed by atoms with Crippen LogP contribution in [0.2, 0.25) is 0 Å². The third-order valence-electron chi connectivity index (χ3n) is 1.27. The average Bonchev–Trinajstić information content (AvgIpc) is 1.99. The van der Waals surface area contributed by atoms with Crippen LogP contribution in [0.15, 0.2) is 0 Å². The zero-order chi connectivity index (χ0) is 12.5. The van der Waals surface area contributed by atoms with Crippen molar-refractivity contribution in [1.82, 2.24) is 0 Å². The Bertz CT molecular complexity index is 281. The van der Waals surface area contributed by atoms with Crippen molar-refractivity contribution in [2.75, 3.05) is 0 Å². The van der Waals surface area contributed by atoms with E-state index in [2.05, 4.69) is 11.2 Å². The molecule has 0 bridgehead atoms. The zero-order valence-electron chi connectivity index (χ0n) is 6.61. The van der Waals surface area contributed by atoms with Crippen molar-refractivity contribution in [2.24, 2.45) is 0 Å². The molecule has 15 heavy (non-hydrogen) atoms. The lowest BCUT2D eigenvalue weighted by atomic mass is 10.0. The molecule has 0 saturated heterocycles. The Hall–Kier alpha value is -1.43. The predicted molar refractivity (Wildman–Crippen MR) is 32.0 cm³/mol. The number of alkyl halides is 6. The highest BCUT2D eigenvalue weighted by molar-refractivity contribution is 5.82. The van der Waals surface area contributed by atoms with Crippen LogP contribution < -0.4 is 0 Å². The Balaban J connectivity index is 5.45. The van der Waals surface area contributed by atoms with Gasteiger partial charge < -0.3 is 9.84 Å². The van der Waals surface area contributed by atoms with Gasteiger partial charge in [0.25, 0.3) is 0 Å². The molecule has 0 unspecified atom stereocenters. The molecule has 0 amide bonds. The van der Waals surface area contributed by atoms with E-state index in [1.807, 2.05) is 0 Å². The van der Waals surface area contributed by atoms with E-state index in [0.29, 0.717) is 0 Å². The maximum atomic E-state index is 11.8. The molecule has 1 N–H and O–H groups in total. The second-order valence-electron chi connectivity index (χ2n) is 2.21. The zero-order valence-corrected chi connectivity index (χ0v) is 6.61. The second kappa shape index (κ2) is 3.62. The fourth-order valence-electron chi connectivity index (χ4n) is 0.520. The van der Waals surface area contributed by atoms with E-state index < -0.39 is 23.9 Å². The molecule has 0 aliphatic carbocycles. The lowest BCUT2D eigenvalue weighted by Crippen LogP contribution is -2.62. The summed E-state index contributed by atoms with van der Waals surface area (Å²) in [5.74, 6) is -3.02. The maximum absolute atomic E-state index is 11.8. The van der Waals surface area contributed by atoms with Crippen LogP contribution >= 0.6 is 0 Å². The molecule has 9 heteroatoms. The number of aliphatic hydroxyl groups is 1. The molecule has 0 aromatic rings. The van der Waals surface area contributed by atoms with E-state index in [0.717, 1.165) is 6.11 Å². The Morgan fingerprint density at radius 3 is 1.67 bits per heavy atom. The van der Waals surface area contributed by atoms with Gasteiger partial charge in [0.1, 0.15) is 6.11 Å². The summed E-state index contributed by atoms with van der Waals surface area (Å²) in [4.78, 5) is 10.3. The largest absolute Gasteiger partial charge is 0.437 e. The molecule has 0 heterocycles. The number of rotatable bonds is 1. The molecule has 0 aromatic heterocycles. The van der Waals surface area contributed by atoms with Crippen molar-refractivity contribution in [3.63, 3.8) is 0 Å². The van der Waals surface area contributed by atoms with Crippen molar-refractivity contribution in [1.29, 1.82) is 0 Å². The molecular formula is C6H2F6O3. The Morgan fingerprint density at radius 2 is 1.47 bits per heavy atom. The first-order valence-electron chi connectivity index (χ1n) is 3.01. The van der Waals surface area contributed by atoms with Gasteiger partial charge in [0, 0.05) is 0 Å². The minimum atomic E-state index is -6.28. The summed E-state index contributed by atoms with van der Waals surface area (Å²) >= 11 is 0. The van der Waals surface area contributed by atoms with Gasteiger partial charge >= 0.3 is 23.9 Å². The summed E-state index contributed by atoms with van der Waals surface area (Å²) in [5.41, 5.74) is -5.62. The van der Waals surface area contributed by atoms with Crippen LogP contribution in [0, 0.1) is 12.5 Å². The number of hydrogen-bond acceptors (Lipinski definition) is 3. The van der Waals surface area contributed by atoms with E-state index in [9.17, 15) is 31.1 Å². The van der Waals surface area contributed by atoms with Gasteiger partial charge in [0.15, 0.2) is 0 Å². The van der Waals surface area contributed by atoms with Crippen LogP contribution in [0.4, 0.5) is 26.3 Å². The predicted octanol–water partition coefficient (Wildman–Crippen LogP) is 0.976. The van der Waals surface area contributed by atoms with Crippen LogP contribution in [0.1, 0.15) is 0 Å². The summed E-state index contributed by atoms with van der Waals surface area (Å²) in [7, 11) is 0. The van der Waals surface area contributed by atoms with Gasteiger partial charge in [0.05, 0.1) is 0 Å². The van der Waals surface area contributed by atoms with Crippen molar-refractivity contribution in [3.8, 4) is 12.5 Å². The average molecular weight is 236 g/mol. The summed E-state index contributed by atoms with van der Waals surface area (Å²) in [6.45, 7) is 0. The van der Waals surface area contributed by atoms with E-state index >= 15 is 0 Å². The standard InChI is InChI=1S/C6H2F6O3/c1-2-15-3(13)4(14,5(7,8)9)6(10,11)12/h1,14H. The van der Waals surface area contributed by atoms with Crippen molar-refractivity contribution in [2.45, 2.75) is 18.0 Å². The van der Waals surface area contributed by atoms with Gasteiger partial charge in [-0.2, -0.15) is 26.3 Å². The summed E-state index contributed by atoms with van der Waals surface area (Å²) < 4.78 is 74.1. The molecule has 0 saturated carbocycles. The van der Waals surface area contributed by atoms with Crippen LogP contribution in [-0.2, 0) is 9.53 Å². The van der Waals surface area contributed by atoms with Crippen molar-refractivity contribution < 1.29 is 41.0 Å². The third-order valence-corrected chi connectivity index (χ3v) is 1.27. The minimum absolute atomic E-state index is 0.808. The molecule has 0 aromatic carbocycles. The molecule has 0 radical (unpaired) electrons. The molecule has 0 fully saturated rings. The van der Waals surface area contributed by atoms with Gasteiger partial charge in [0.2, 0.25) is 0 Å². The molecule has 0 aliphatic heterocycles. The molecule has 0 aliphatic rings. The highest BCUT2D eigenvalue weighted by atomic mass is 19.4. The van der Waals surface area contributed by atoms with Crippen LogP contribution in [0.5, 0.6) is 0 Å². The number of carbonyl (C=O) groups excluding carboxylic acids is 1. The first kappa shape index (κ1) is 13.6. The quantitative estimate of drug-likeness (QED) is 0.419. The lowest BCUT2D eigenvalue weighted by molar-refractivity contribution is -0.355. The Labute approximate surface area is 78.6 Å². The number of esters is 1. The molecule has 3 nitrogen and oxygen atoms in total. The monoisotopic (exact) mass is 236 g/mol. The fourth-order valence-corrected chi connectivity index (χ4v) is 0.520. The first-order valence-corrected chi connectivity index (χ1v) is 3.01. The minimum Gasteiger partial charge on any atom is -0.370 e. The summed E-state index contributed by atoms with van der Waals surface area (Å²) in [5, 5.41) is 8.26. The van der Waals surface area contributed by atoms with E-state index in [1.54, 1.807) is 0 Å². The molecule has 0 spiro atoms. The Morgan fingerprint density at radius 1 is 1.13 bits per heavy atom. The van der Waals surface area contributed by atoms with Crippen LogP contribution in [0.3, 0.4) is 0 Å². The SMILES string of the molecule is C#COC(=O)C(O)(C(F)(F)F)C(F)(F)F. The maximum Gasteiger partial charge on any atom is 0.437 e. The van der Waals surface area contributed by atoms with Gasteiger partial charge in [-0.1, -0.05) is 6.42 Å². The first-order chi connectivity index (χ1) is 6.48. The molecule has 0 rings (SSSR count). The van der Waals surface area contributed by atoms with E-state index in [-0.39, 0.29) is 0 Å². The fraction of sp³-hybridized carbons (Fsp3) is 0.500. The highest BCUT2D eigenvalue weighted by Crippen LogP contribution is 2.43. The van der Waals surface area contributed by atoms with E-state index in [4.69, 9.17) is 5.11 Å². The normalized spacial score (nSPS) is 13.2. The van der Waals surface area contributed by atoms with Gasteiger partial charge in [-0.05, 0) is 0 Å². The van der Waals surface area contributed by atoms with Crippen LogP contribution in [-0.4, -0.2) is 29.0 Å². The third kappa shape index (κ3) is 2.15. The lowest BCUT2D eigenvalue weighted by Gasteiger charge is -2.28. The van der Waals surface area contributed by atoms with Gasteiger partial charge in [-0.15, -0.1) is 0 Å². The smallest absolute Gasteiger partial charge is 0.370 e. The number of ether oxygens (including phenoxy) is 1. The molecule has 0 atom stereocenters. The van der Waals surface area contributed by atoms with E-state index in [1.165, 1.54) is 0 Å². The van der Waals surface area contributed by atoms with Gasteiger partial charge in [-0.25, -0.2) is 4.79 Å². The molecule has 86 valence electrons. The van der Waals surface area contributed by atoms with Gasteiger partial charge in [-0.3, -0.25) is 0 Å². The highest BCUT2D eigenvalue weighted by Gasteiger charge is 2.76. The van der Waals surface area contributed by atoms with Crippen molar-refractivity contribution in [3.05, 3.63) is 0 Å².